The Morgan fingerprint density at radius 2 is 2.09 bits per heavy atom. The molecule has 1 aliphatic heterocycles. The maximum atomic E-state index is 13.7. The van der Waals surface area contributed by atoms with Gasteiger partial charge in [-0.05, 0) is 32.9 Å². The third-order valence-electron chi connectivity index (χ3n) is 3.98. The van der Waals surface area contributed by atoms with Crippen LogP contribution in [0.1, 0.15) is 19.4 Å². The minimum atomic E-state index is -3.71. The van der Waals surface area contributed by atoms with E-state index in [9.17, 15) is 17.9 Å². The van der Waals surface area contributed by atoms with E-state index in [1.807, 2.05) is 11.8 Å². The van der Waals surface area contributed by atoms with E-state index in [-0.39, 0.29) is 16.5 Å². The second-order valence-electron chi connectivity index (χ2n) is 5.94. The lowest BCUT2D eigenvalue weighted by molar-refractivity contribution is 0.0840. The summed E-state index contributed by atoms with van der Waals surface area (Å²) in [6.45, 7) is 7.01. The summed E-state index contributed by atoms with van der Waals surface area (Å²) in [5, 5.41) is 9.45. The first kappa shape index (κ1) is 17.3. The van der Waals surface area contributed by atoms with Crippen LogP contribution in [-0.4, -0.2) is 61.1 Å². The van der Waals surface area contributed by atoms with Crippen molar-refractivity contribution in [3.63, 3.8) is 0 Å². The molecule has 0 amide bonds. The SMILES string of the molecule is Cc1c(F)cccc1S(=O)(=O)N1CCN(C[C@@H](C)O)C[C@@H]1C. The average Bonchev–Trinajstić information content (AvgIpc) is 2.40. The fourth-order valence-electron chi connectivity index (χ4n) is 2.91. The van der Waals surface area contributed by atoms with Gasteiger partial charge in [0, 0.05) is 37.8 Å². The van der Waals surface area contributed by atoms with Crippen LogP contribution in [0.15, 0.2) is 23.1 Å². The highest BCUT2D eigenvalue weighted by molar-refractivity contribution is 7.89. The highest BCUT2D eigenvalue weighted by Gasteiger charge is 2.34. The number of hydrogen-bond acceptors (Lipinski definition) is 4. The number of aliphatic hydroxyl groups excluding tert-OH is 1. The summed E-state index contributed by atoms with van der Waals surface area (Å²) in [6, 6.07) is 3.91. The number of halogens is 1. The van der Waals surface area contributed by atoms with E-state index in [0.29, 0.717) is 26.2 Å². The molecule has 1 N–H and O–H groups in total. The minimum Gasteiger partial charge on any atom is -0.392 e. The van der Waals surface area contributed by atoms with Crippen LogP contribution in [0.5, 0.6) is 0 Å². The van der Waals surface area contributed by atoms with Crippen LogP contribution >= 0.6 is 0 Å². The predicted molar refractivity (Wildman–Crippen MR) is 82.6 cm³/mol. The third-order valence-corrected chi connectivity index (χ3v) is 6.14. The molecular weight excluding hydrogens is 307 g/mol. The van der Waals surface area contributed by atoms with Gasteiger partial charge in [0.15, 0.2) is 0 Å². The van der Waals surface area contributed by atoms with Crippen molar-refractivity contribution in [3.05, 3.63) is 29.6 Å². The number of sulfonamides is 1. The molecule has 2 rings (SSSR count). The summed E-state index contributed by atoms with van der Waals surface area (Å²) in [4.78, 5) is 2.07. The van der Waals surface area contributed by atoms with Crippen molar-refractivity contribution in [2.24, 2.45) is 0 Å². The van der Waals surface area contributed by atoms with Crippen LogP contribution in [0.3, 0.4) is 0 Å². The Balaban J connectivity index is 2.22. The first-order chi connectivity index (χ1) is 10.2. The number of piperazine rings is 1. The molecule has 0 spiro atoms. The Labute approximate surface area is 131 Å². The fraction of sp³-hybridized carbons (Fsp3) is 0.600. The van der Waals surface area contributed by atoms with Crippen molar-refractivity contribution in [2.75, 3.05) is 26.2 Å². The normalized spacial score (nSPS) is 22.7. The summed E-state index contributed by atoms with van der Waals surface area (Å²) in [5.74, 6) is -0.513. The van der Waals surface area contributed by atoms with Crippen molar-refractivity contribution < 1.29 is 17.9 Å². The molecule has 0 aromatic heterocycles. The van der Waals surface area contributed by atoms with Crippen molar-refractivity contribution >= 4 is 10.0 Å². The first-order valence-electron chi connectivity index (χ1n) is 7.41. The zero-order valence-electron chi connectivity index (χ0n) is 13.2. The lowest BCUT2D eigenvalue weighted by Crippen LogP contribution is -2.54. The van der Waals surface area contributed by atoms with E-state index in [2.05, 4.69) is 0 Å². The monoisotopic (exact) mass is 330 g/mol. The lowest BCUT2D eigenvalue weighted by atomic mass is 10.2. The lowest BCUT2D eigenvalue weighted by Gasteiger charge is -2.39. The molecule has 1 aromatic carbocycles. The van der Waals surface area contributed by atoms with Gasteiger partial charge in [0.1, 0.15) is 5.82 Å². The van der Waals surface area contributed by atoms with Crippen molar-refractivity contribution in [1.82, 2.24) is 9.21 Å². The van der Waals surface area contributed by atoms with Crippen LogP contribution in [0.2, 0.25) is 0 Å². The van der Waals surface area contributed by atoms with Crippen molar-refractivity contribution in [3.8, 4) is 0 Å². The average molecular weight is 330 g/mol. The summed E-state index contributed by atoms with van der Waals surface area (Å²) in [5.41, 5.74) is 0.154. The van der Waals surface area contributed by atoms with Crippen LogP contribution in [-0.2, 0) is 10.0 Å². The van der Waals surface area contributed by atoms with Gasteiger partial charge in [-0.3, -0.25) is 4.90 Å². The third kappa shape index (κ3) is 3.48. The van der Waals surface area contributed by atoms with Crippen LogP contribution in [0, 0.1) is 12.7 Å². The molecule has 22 heavy (non-hydrogen) atoms. The van der Waals surface area contributed by atoms with Gasteiger partial charge in [-0.15, -0.1) is 0 Å². The van der Waals surface area contributed by atoms with E-state index >= 15 is 0 Å². The molecule has 0 bridgehead atoms. The predicted octanol–water partition coefficient (Wildman–Crippen LogP) is 1.21. The van der Waals surface area contributed by atoms with Gasteiger partial charge in [0.2, 0.25) is 10.0 Å². The van der Waals surface area contributed by atoms with Gasteiger partial charge < -0.3 is 5.11 Å². The molecule has 124 valence electrons. The molecule has 0 saturated carbocycles. The molecule has 0 unspecified atom stereocenters. The summed E-state index contributed by atoms with van der Waals surface area (Å²) < 4.78 is 40.7. The molecule has 1 heterocycles. The highest BCUT2D eigenvalue weighted by atomic mass is 32.2. The standard InChI is InChI=1S/C15H23FN2O3S/c1-11-9-17(10-12(2)19)7-8-18(11)22(20,21)15-6-4-5-14(16)13(15)3/h4-6,11-12,19H,7-10H2,1-3H3/t11-,12+/m0/s1. The minimum absolute atomic E-state index is 0.0309. The van der Waals surface area contributed by atoms with Crippen molar-refractivity contribution in [2.45, 2.75) is 37.8 Å². The quantitative estimate of drug-likeness (QED) is 0.901. The number of hydrogen-bond donors (Lipinski definition) is 1. The van der Waals surface area contributed by atoms with Gasteiger partial charge in [0.25, 0.3) is 0 Å². The molecule has 0 radical (unpaired) electrons. The fourth-order valence-corrected chi connectivity index (χ4v) is 4.76. The van der Waals surface area contributed by atoms with Gasteiger partial charge in [0.05, 0.1) is 11.0 Å². The molecule has 1 saturated heterocycles. The molecule has 0 aliphatic carbocycles. The van der Waals surface area contributed by atoms with Gasteiger partial charge in [-0.25, -0.2) is 12.8 Å². The molecule has 5 nitrogen and oxygen atoms in total. The van der Waals surface area contributed by atoms with E-state index in [4.69, 9.17) is 0 Å². The van der Waals surface area contributed by atoms with Crippen LogP contribution in [0.4, 0.5) is 4.39 Å². The number of aliphatic hydroxyl groups is 1. The maximum Gasteiger partial charge on any atom is 0.243 e. The highest BCUT2D eigenvalue weighted by Crippen LogP contribution is 2.25. The maximum absolute atomic E-state index is 13.7. The summed E-state index contributed by atoms with van der Waals surface area (Å²) in [7, 11) is -3.71. The van der Waals surface area contributed by atoms with Crippen molar-refractivity contribution in [1.29, 1.82) is 0 Å². The second-order valence-corrected chi connectivity index (χ2v) is 7.80. The second kappa shape index (κ2) is 6.62. The largest absolute Gasteiger partial charge is 0.392 e. The topological polar surface area (TPSA) is 60.9 Å². The summed E-state index contributed by atoms with van der Waals surface area (Å²) in [6.07, 6.45) is -0.444. The Morgan fingerprint density at radius 3 is 2.68 bits per heavy atom. The number of benzene rings is 1. The molecule has 7 heteroatoms. The van der Waals surface area contributed by atoms with Gasteiger partial charge >= 0.3 is 0 Å². The van der Waals surface area contributed by atoms with Crippen LogP contribution < -0.4 is 0 Å². The van der Waals surface area contributed by atoms with E-state index in [1.165, 1.54) is 29.4 Å². The number of β-amino-alcohol motifs (C(OH)–C–C–N with tert-alkyl or cyclic N) is 1. The van der Waals surface area contributed by atoms with Crippen LogP contribution in [0.25, 0.3) is 0 Å². The Morgan fingerprint density at radius 1 is 1.41 bits per heavy atom. The molecule has 1 aromatic rings. The summed E-state index contributed by atoms with van der Waals surface area (Å²) >= 11 is 0. The van der Waals surface area contributed by atoms with E-state index in [1.54, 1.807) is 6.92 Å². The van der Waals surface area contributed by atoms with E-state index < -0.39 is 21.9 Å². The molecule has 2 atom stereocenters. The molecule has 1 aliphatic rings. The smallest absolute Gasteiger partial charge is 0.243 e. The number of rotatable bonds is 4. The van der Waals surface area contributed by atoms with Gasteiger partial charge in [-0.2, -0.15) is 4.31 Å². The molecule has 1 fully saturated rings. The van der Waals surface area contributed by atoms with E-state index in [0.717, 1.165) is 0 Å². The molecular formula is C15H23FN2O3S. The number of nitrogens with zero attached hydrogens (tertiary/aromatic N) is 2. The zero-order valence-corrected chi connectivity index (χ0v) is 14.0. The Hall–Kier alpha value is -1.02. The first-order valence-corrected chi connectivity index (χ1v) is 8.85. The van der Waals surface area contributed by atoms with Gasteiger partial charge in [-0.1, -0.05) is 6.07 Å². The Bertz CT molecular complexity index is 634. The zero-order chi connectivity index (χ0) is 16.5. The Kier molecular flexibility index (Phi) is 5.21.